The van der Waals surface area contributed by atoms with E-state index in [1.54, 1.807) is 11.8 Å². The van der Waals surface area contributed by atoms with Crippen molar-refractivity contribution in [3.8, 4) is 11.3 Å². The number of fused-ring (bicyclic) bond motifs is 2. The maximum absolute atomic E-state index is 13.1. The number of carbonyl (C=O) groups excluding carboxylic acids is 2. The van der Waals surface area contributed by atoms with Crippen LogP contribution in [0.2, 0.25) is 0 Å². The number of imidazole rings is 1. The molecular weight excluding hydrogens is 422 g/mol. The summed E-state index contributed by atoms with van der Waals surface area (Å²) in [5.41, 5.74) is 3.00. The number of hydrogen-bond acceptors (Lipinski definition) is 4. The van der Waals surface area contributed by atoms with Crippen molar-refractivity contribution in [1.29, 1.82) is 0 Å². The van der Waals surface area contributed by atoms with Crippen LogP contribution in [0.5, 0.6) is 0 Å². The van der Waals surface area contributed by atoms with Gasteiger partial charge in [-0.05, 0) is 26.2 Å². The fourth-order valence-electron chi connectivity index (χ4n) is 5.31. The van der Waals surface area contributed by atoms with Gasteiger partial charge in [-0.2, -0.15) is 0 Å². The van der Waals surface area contributed by atoms with Gasteiger partial charge in [-0.15, -0.1) is 11.8 Å². The number of benzene rings is 1. The van der Waals surface area contributed by atoms with E-state index in [0.717, 1.165) is 49.9 Å². The molecule has 3 aliphatic rings. The number of ether oxygens (including phenoxy) is 1. The second-order valence-electron chi connectivity index (χ2n) is 8.74. The minimum atomic E-state index is -0.270. The number of nitrogens with one attached hydrogen (secondary N) is 1. The summed E-state index contributed by atoms with van der Waals surface area (Å²) in [6.45, 7) is 3.40. The van der Waals surface area contributed by atoms with Crippen LogP contribution in [0.1, 0.15) is 44.9 Å². The van der Waals surface area contributed by atoms with Crippen molar-refractivity contribution < 1.29 is 18.9 Å². The Morgan fingerprint density at radius 1 is 1.19 bits per heavy atom. The molecular formula is C25H30N3O3S+. The van der Waals surface area contributed by atoms with Crippen molar-refractivity contribution in [2.45, 2.75) is 63.8 Å². The zero-order valence-corrected chi connectivity index (χ0v) is 19.3. The minimum Gasteiger partial charge on any atom is -0.463 e. The van der Waals surface area contributed by atoms with Crippen molar-refractivity contribution in [3.63, 3.8) is 0 Å². The van der Waals surface area contributed by atoms with E-state index in [-0.39, 0.29) is 24.3 Å². The van der Waals surface area contributed by atoms with E-state index < -0.39 is 0 Å². The first-order valence-corrected chi connectivity index (χ1v) is 12.6. The summed E-state index contributed by atoms with van der Waals surface area (Å²) in [5, 5.41) is 4.17. The molecule has 1 saturated carbocycles. The second-order valence-corrected chi connectivity index (χ2v) is 9.99. The molecule has 5 rings (SSSR count). The van der Waals surface area contributed by atoms with Crippen LogP contribution in [0.3, 0.4) is 0 Å². The number of hydrogen-bond donors (Lipinski definition) is 1. The first kappa shape index (κ1) is 21.3. The van der Waals surface area contributed by atoms with Crippen molar-refractivity contribution in [2.75, 3.05) is 6.61 Å². The molecule has 3 heterocycles. The van der Waals surface area contributed by atoms with Crippen LogP contribution in [-0.2, 0) is 33.8 Å². The predicted octanol–water partition coefficient (Wildman–Crippen LogP) is 3.59. The molecule has 32 heavy (non-hydrogen) atoms. The van der Waals surface area contributed by atoms with E-state index in [4.69, 9.17) is 4.74 Å². The SMILES string of the molecule is CCOC(=O)C1=C(NC(=O)C[n+]2cc(-c3ccccc3)n3c2CCC3)S[C@H]2CCCC[C@@H]12. The standard InChI is InChI=1S/C25H29N3O3S/c1-2-31-25(30)23-18-11-6-7-12-20(18)32-24(23)26-21(29)16-27-15-19(17-9-4-3-5-10-17)28-14-8-13-22(27)28/h3-5,9-10,15,18,20H,2,6-8,11-14,16H2,1H3/p+1/t18-,20+/m1/s1. The van der Waals surface area contributed by atoms with Gasteiger partial charge in [-0.25, -0.2) is 13.9 Å². The van der Waals surface area contributed by atoms with Gasteiger partial charge in [0, 0.05) is 16.7 Å². The van der Waals surface area contributed by atoms with E-state index in [9.17, 15) is 9.59 Å². The van der Waals surface area contributed by atoms with Gasteiger partial charge in [0.15, 0.2) is 12.2 Å². The lowest BCUT2D eigenvalue weighted by Crippen LogP contribution is -2.44. The lowest BCUT2D eigenvalue weighted by Gasteiger charge is -2.25. The molecule has 1 fully saturated rings. The summed E-state index contributed by atoms with van der Waals surface area (Å²) in [5.74, 6) is 1.02. The van der Waals surface area contributed by atoms with Gasteiger partial charge in [-0.1, -0.05) is 43.2 Å². The second kappa shape index (κ2) is 9.14. The highest BCUT2D eigenvalue weighted by Crippen LogP contribution is 2.48. The Morgan fingerprint density at radius 2 is 2.00 bits per heavy atom. The van der Waals surface area contributed by atoms with E-state index >= 15 is 0 Å². The van der Waals surface area contributed by atoms with Crippen LogP contribution in [-0.4, -0.2) is 28.3 Å². The van der Waals surface area contributed by atoms with Crippen LogP contribution in [0.4, 0.5) is 0 Å². The van der Waals surface area contributed by atoms with Gasteiger partial charge >= 0.3 is 5.97 Å². The van der Waals surface area contributed by atoms with Crippen molar-refractivity contribution in [2.24, 2.45) is 5.92 Å². The maximum atomic E-state index is 13.1. The Kier molecular flexibility index (Phi) is 6.09. The van der Waals surface area contributed by atoms with Crippen LogP contribution in [0.15, 0.2) is 47.1 Å². The number of esters is 1. The average Bonchev–Trinajstić information content (AvgIpc) is 3.49. The topological polar surface area (TPSA) is 64.2 Å². The lowest BCUT2D eigenvalue weighted by atomic mass is 9.84. The van der Waals surface area contributed by atoms with Gasteiger partial charge < -0.3 is 10.1 Å². The third-order valence-corrected chi connectivity index (χ3v) is 8.14. The first-order valence-electron chi connectivity index (χ1n) is 11.7. The number of amides is 1. The number of thioether (sulfide) groups is 1. The normalized spacial score (nSPS) is 21.9. The molecule has 2 aromatic rings. The Hall–Kier alpha value is -2.54. The largest absolute Gasteiger partial charge is 0.463 e. The fourth-order valence-corrected chi connectivity index (χ4v) is 6.87. The van der Waals surface area contributed by atoms with Crippen LogP contribution in [0, 0.1) is 5.92 Å². The number of carbonyl (C=O) groups is 2. The molecule has 0 radical (unpaired) electrons. The number of aromatic nitrogens is 2. The van der Waals surface area contributed by atoms with Crippen molar-refractivity contribution in [3.05, 3.63) is 53.0 Å². The van der Waals surface area contributed by atoms with Crippen molar-refractivity contribution >= 4 is 23.6 Å². The van der Waals surface area contributed by atoms with Gasteiger partial charge in [-0.3, -0.25) is 4.79 Å². The van der Waals surface area contributed by atoms with E-state index in [1.165, 1.54) is 12.2 Å². The first-order chi connectivity index (χ1) is 15.7. The predicted molar refractivity (Wildman–Crippen MR) is 124 cm³/mol. The van der Waals surface area contributed by atoms with Crippen LogP contribution in [0.25, 0.3) is 11.3 Å². The Balaban J connectivity index is 1.37. The Bertz CT molecular complexity index is 1060. The molecule has 1 aromatic heterocycles. The summed E-state index contributed by atoms with van der Waals surface area (Å²) in [6, 6.07) is 10.3. The van der Waals surface area contributed by atoms with E-state index in [1.807, 2.05) is 25.1 Å². The highest BCUT2D eigenvalue weighted by atomic mass is 32.2. The third kappa shape index (κ3) is 3.98. The summed E-state index contributed by atoms with van der Waals surface area (Å²) in [7, 11) is 0. The molecule has 1 aliphatic carbocycles. The summed E-state index contributed by atoms with van der Waals surface area (Å²) in [4.78, 5) is 25.8. The molecule has 1 aromatic carbocycles. The smallest absolute Gasteiger partial charge is 0.336 e. The number of nitrogens with zero attached hydrogens (tertiary/aromatic N) is 2. The molecule has 0 saturated heterocycles. The van der Waals surface area contributed by atoms with Gasteiger partial charge in [0.2, 0.25) is 0 Å². The highest BCUT2D eigenvalue weighted by molar-refractivity contribution is 8.04. The van der Waals surface area contributed by atoms with Gasteiger partial charge in [0.1, 0.15) is 6.20 Å². The molecule has 7 heteroatoms. The van der Waals surface area contributed by atoms with Gasteiger partial charge in [0.05, 0.1) is 30.2 Å². The monoisotopic (exact) mass is 452 g/mol. The minimum absolute atomic E-state index is 0.0853. The molecule has 2 aliphatic heterocycles. The molecule has 1 amide bonds. The highest BCUT2D eigenvalue weighted by Gasteiger charge is 2.42. The molecule has 0 bridgehead atoms. The molecule has 6 nitrogen and oxygen atoms in total. The molecule has 0 spiro atoms. The summed E-state index contributed by atoms with van der Waals surface area (Å²) in [6.07, 6.45) is 8.53. The van der Waals surface area contributed by atoms with E-state index in [0.29, 0.717) is 22.5 Å². The summed E-state index contributed by atoms with van der Waals surface area (Å²) < 4.78 is 9.74. The quantitative estimate of drug-likeness (QED) is 0.538. The molecule has 168 valence electrons. The molecule has 1 N–H and O–H groups in total. The van der Waals surface area contributed by atoms with Crippen LogP contribution >= 0.6 is 11.8 Å². The Morgan fingerprint density at radius 3 is 2.81 bits per heavy atom. The fraction of sp³-hybridized carbons (Fsp3) is 0.480. The molecule has 2 atom stereocenters. The maximum Gasteiger partial charge on any atom is 0.336 e. The average molecular weight is 453 g/mol. The third-order valence-electron chi connectivity index (χ3n) is 6.71. The number of rotatable bonds is 6. The Labute approximate surface area is 193 Å². The summed E-state index contributed by atoms with van der Waals surface area (Å²) >= 11 is 1.66. The van der Waals surface area contributed by atoms with Crippen LogP contribution < -0.4 is 9.88 Å². The van der Waals surface area contributed by atoms with E-state index in [2.05, 4.69) is 32.8 Å². The zero-order valence-electron chi connectivity index (χ0n) is 18.5. The van der Waals surface area contributed by atoms with Gasteiger partial charge in [0.25, 0.3) is 11.7 Å². The lowest BCUT2D eigenvalue weighted by molar-refractivity contribution is -0.690. The van der Waals surface area contributed by atoms with Crippen molar-refractivity contribution in [1.82, 2.24) is 9.88 Å². The molecule has 0 unspecified atom stereocenters. The zero-order chi connectivity index (χ0) is 22.1.